The van der Waals surface area contributed by atoms with Gasteiger partial charge in [0.2, 0.25) is 0 Å². The predicted octanol–water partition coefficient (Wildman–Crippen LogP) is 4.08. The zero-order valence-corrected chi connectivity index (χ0v) is 14.2. The molecule has 0 saturated carbocycles. The molecule has 1 aromatic carbocycles. The molecule has 6 heteroatoms. The van der Waals surface area contributed by atoms with Crippen LogP contribution in [0.15, 0.2) is 59.2 Å². The summed E-state index contributed by atoms with van der Waals surface area (Å²) >= 11 is 5.87. The third-order valence-electron chi connectivity index (χ3n) is 3.11. The number of nitrogens with one attached hydrogen (secondary N) is 2. The Kier molecular flexibility index (Phi) is 7.46. The molecule has 0 aliphatic heterocycles. The van der Waals surface area contributed by atoms with Crippen molar-refractivity contribution >= 4 is 17.3 Å². The molecule has 2 N–H and O–H groups in total. The summed E-state index contributed by atoms with van der Waals surface area (Å²) in [7, 11) is 3.66. The van der Waals surface area contributed by atoms with E-state index in [1.54, 1.807) is 12.1 Å². The molecule has 1 atom stereocenters. The lowest BCUT2D eigenvalue weighted by molar-refractivity contribution is 0.319. The molecule has 1 unspecified atom stereocenters. The highest BCUT2D eigenvalue weighted by atomic mass is 35.5. The van der Waals surface area contributed by atoms with E-state index in [0.717, 1.165) is 23.7 Å². The number of rotatable bonds is 9. The van der Waals surface area contributed by atoms with E-state index in [4.69, 9.17) is 11.6 Å². The van der Waals surface area contributed by atoms with Crippen LogP contribution in [0.4, 0.5) is 5.69 Å². The number of nitrogens with zero attached hydrogens (tertiary/aromatic N) is 3. The Morgan fingerprint density at radius 1 is 1.32 bits per heavy atom. The van der Waals surface area contributed by atoms with Crippen LogP contribution < -0.4 is 10.6 Å². The van der Waals surface area contributed by atoms with E-state index in [-0.39, 0.29) is 0 Å². The van der Waals surface area contributed by atoms with Gasteiger partial charge in [0.25, 0.3) is 0 Å². The van der Waals surface area contributed by atoms with Gasteiger partial charge in [-0.05, 0) is 37.6 Å². The first-order valence-electron chi connectivity index (χ1n) is 7.13. The normalized spacial score (nSPS) is 12.0. The molecule has 0 aliphatic carbocycles. The maximum Gasteiger partial charge on any atom is 0.103 e. The second-order valence-electron chi connectivity index (χ2n) is 5.09. The van der Waals surface area contributed by atoms with Crippen LogP contribution in [0.2, 0.25) is 5.02 Å². The van der Waals surface area contributed by atoms with Crippen LogP contribution in [0.1, 0.15) is 13.3 Å². The average Bonchev–Trinajstić information content (AvgIpc) is 2.52. The second-order valence-corrected chi connectivity index (χ2v) is 5.52. The molecule has 0 fully saturated rings. The fourth-order valence-corrected chi connectivity index (χ4v) is 1.79. The molecule has 0 saturated heterocycles. The summed E-state index contributed by atoms with van der Waals surface area (Å²) < 4.78 is 0. The van der Waals surface area contributed by atoms with E-state index in [1.165, 1.54) is 0 Å². The number of benzene rings is 1. The Hall–Kier alpha value is -2.01. The molecule has 0 bridgehead atoms. The molecule has 0 aliphatic rings. The Morgan fingerprint density at radius 2 is 1.95 bits per heavy atom. The first-order chi connectivity index (χ1) is 10.4. The number of hydrogen-bond acceptors (Lipinski definition) is 4. The highest BCUT2D eigenvalue weighted by Gasteiger charge is 2.04. The molecule has 0 aromatic heterocycles. The van der Waals surface area contributed by atoms with E-state index in [0.29, 0.717) is 17.4 Å². The Bertz CT molecular complexity index is 524. The minimum absolute atomic E-state index is 0.314. The first-order valence-corrected chi connectivity index (χ1v) is 7.51. The fraction of sp³-hybridized carbons (Fsp3) is 0.375. The standard InChI is InChI=1S/C16H24ClN5/c1-12(19-16-8-6-15(17)7-9-16)10-11-22(5)21-20-14(3)13(2)18-4/h6-9,12,18-19H,2-3,10-11H2,1,4-5H3. The average molecular weight is 322 g/mol. The minimum Gasteiger partial charge on any atom is -0.387 e. The summed E-state index contributed by atoms with van der Waals surface area (Å²) in [5, 5.41) is 16.9. The van der Waals surface area contributed by atoms with Crippen LogP contribution in [-0.2, 0) is 0 Å². The van der Waals surface area contributed by atoms with Crippen LogP contribution in [0.5, 0.6) is 0 Å². The lowest BCUT2D eigenvalue weighted by Crippen LogP contribution is -2.22. The van der Waals surface area contributed by atoms with Crippen LogP contribution in [0, 0.1) is 0 Å². The van der Waals surface area contributed by atoms with E-state index in [9.17, 15) is 0 Å². The molecule has 1 aromatic rings. The zero-order valence-electron chi connectivity index (χ0n) is 13.4. The summed E-state index contributed by atoms with van der Waals surface area (Å²) in [6.45, 7) is 10.5. The van der Waals surface area contributed by atoms with E-state index < -0.39 is 0 Å². The van der Waals surface area contributed by atoms with E-state index in [2.05, 4.69) is 41.1 Å². The van der Waals surface area contributed by atoms with Gasteiger partial charge in [-0.1, -0.05) is 30.0 Å². The van der Waals surface area contributed by atoms with Crippen LogP contribution in [0.3, 0.4) is 0 Å². The lowest BCUT2D eigenvalue weighted by Gasteiger charge is -2.18. The van der Waals surface area contributed by atoms with Crippen molar-refractivity contribution in [3.63, 3.8) is 0 Å². The van der Waals surface area contributed by atoms with Crippen molar-refractivity contribution in [2.24, 2.45) is 10.3 Å². The summed E-state index contributed by atoms with van der Waals surface area (Å²) in [6.07, 6.45) is 0.928. The van der Waals surface area contributed by atoms with Crippen molar-refractivity contribution in [3.05, 3.63) is 53.8 Å². The highest BCUT2D eigenvalue weighted by molar-refractivity contribution is 6.30. The zero-order chi connectivity index (χ0) is 16.5. The maximum absolute atomic E-state index is 5.87. The van der Waals surface area contributed by atoms with Gasteiger partial charge >= 0.3 is 0 Å². The van der Waals surface area contributed by atoms with Gasteiger partial charge in [0, 0.05) is 37.4 Å². The van der Waals surface area contributed by atoms with Gasteiger partial charge in [-0.2, -0.15) is 0 Å². The maximum atomic E-state index is 5.87. The van der Waals surface area contributed by atoms with Gasteiger partial charge in [-0.3, -0.25) is 5.01 Å². The third kappa shape index (κ3) is 6.63. The molecule has 22 heavy (non-hydrogen) atoms. The number of likely N-dealkylation sites (N-methyl/N-ethyl adjacent to an activating group) is 1. The smallest absolute Gasteiger partial charge is 0.103 e. The molecule has 1 rings (SSSR count). The van der Waals surface area contributed by atoms with Crippen LogP contribution >= 0.6 is 11.6 Å². The quantitative estimate of drug-likeness (QED) is 0.409. The molecule has 120 valence electrons. The van der Waals surface area contributed by atoms with Crippen molar-refractivity contribution < 1.29 is 0 Å². The SMILES string of the molecule is C=C(N=NN(C)CCC(C)Nc1ccc(Cl)cc1)C(=C)NC. The van der Waals surface area contributed by atoms with Gasteiger partial charge in [-0.25, -0.2) is 0 Å². The Balaban J connectivity index is 2.35. The largest absolute Gasteiger partial charge is 0.387 e. The predicted molar refractivity (Wildman–Crippen MR) is 94.0 cm³/mol. The minimum atomic E-state index is 0.314. The lowest BCUT2D eigenvalue weighted by atomic mass is 10.2. The Morgan fingerprint density at radius 3 is 2.55 bits per heavy atom. The van der Waals surface area contributed by atoms with Gasteiger partial charge in [0.05, 0.1) is 5.70 Å². The van der Waals surface area contributed by atoms with E-state index >= 15 is 0 Å². The molecule has 0 heterocycles. The topological polar surface area (TPSA) is 52.0 Å². The van der Waals surface area contributed by atoms with Gasteiger partial charge in [0.1, 0.15) is 5.70 Å². The van der Waals surface area contributed by atoms with Crippen molar-refractivity contribution in [2.75, 3.05) is 26.0 Å². The first kappa shape index (κ1) is 18.0. The van der Waals surface area contributed by atoms with Crippen molar-refractivity contribution in [3.8, 4) is 0 Å². The van der Waals surface area contributed by atoms with E-state index in [1.807, 2.05) is 31.3 Å². The van der Waals surface area contributed by atoms with Crippen LogP contribution in [-0.4, -0.2) is 31.7 Å². The molecular formula is C16H24ClN5. The number of hydrogen-bond donors (Lipinski definition) is 2. The van der Waals surface area contributed by atoms with Crippen molar-refractivity contribution in [1.29, 1.82) is 0 Å². The van der Waals surface area contributed by atoms with Gasteiger partial charge < -0.3 is 10.6 Å². The molecule has 0 spiro atoms. The fourth-order valence-electron chi connectivity index (χ4n) is 1.66. The summed E-state index contributed by atoms with van der Waals surface area (Å²) in [5.74, 6) is 0. The van der Waals surface area contributed by atoms with Gasteiger partial charge in [-0.15, -0.1) is 5.11 Å². The summed E-state index contributed by atoms with van der Waals surface area (Å²) in [6, 6.07) is 7.99. The van der Waals surface area contributed by atoms with Crippen LogP contribution in [0.25, 0.3) is 0 Å². The molecule has 5 nitrogen and oxygen atoms in total. The monoisotopic (exact) mass is 321 g/mol. The second kappa shape index (κ2) is 9.10. The van der Waals surface area contributed by atoms with Gasteiger partial charge in [0.15, 0.2) is 0 Å². The number of anilines is 1. The Labute approximate surface area is 137 Å². The molecular weight excluding hydrogens is 298 g/mol. The van der Waals surface area contributed by atoms with Crippen molar-refractivity contribution in [2.45, 2.75) is 19.4 Å². The molecule has 0 radical (unpaired) electrons. The summed E-state index contributed by atoms with van der Waals surface area (Å²) in [4.78, 5) is 0. The van der Waals surface area contributed by atoms with Crippen molar-refractivity contribution in [1.82, 2.24) is 10.3 Å². The highest BCUT2D eigenvalue weighted by Crippen LogP contribution is 2.15. The molecule has 0 amide bonds. The summed E-state index contributed by atoms with van der Waals surface area (Å²) in [5.41, 5.74) is 2.25. The third-order valence-corrected chi connectivity index (χ3v) is 3.36. The number of halogens is 1.